The van der Waals surface area contributed by atoms with Gasteiger partial charge in [0.05, 0.1) is 5.69 Å². The van der Waals surface area contributed by atoms with Crippen LogP contribution in [-0.4, -0.2) is 46.4 Å². The number of benzene rings is 1. The first-order chi connectivity index (χ1) is 13.6. The predicted molar refractivity (Wildman–Crippen MR) is 110 cm³/mol. The van der Waals surface area contributed by atoms with E-state index < -0.39 is 0 Å². The standard InChI is InChI=1S/C22H28ClN3O2/c1-16-20(24-22(28-16)17-6-4-7-18(23)14-17)15-26-11-3-2-8-19(26)10-13-25-12-5-9-21(25)27/h4,6-7,14,19H,2-3,5,8-13,15H2,1H3/t19-/m1/s1. The fourth-order valence-corrected chi connectivity index (χ4v) is 4.54. The van der Waals surface area contributed by atoms with Crippen LogP contribution in [0.25, 0.3) is 11.5 Å². The van der Waals surface area contributed by atoms with Crippen molar-refractivity contribution >= 4 is 17.5 Å². The Kier molecular flexibility index (Phi) is 6.02. The van der Waals surface area contributed by atoms with E-state index in [0.29, 0.717) is 22.9 Å². The molecule has 0 aliphatic carbocycles. The maximum absolute atomic E-state index is 11.9. The first kappa shape index (κ1) is 19.5. The summed E-state index contributed by atoms with van der Waals surface area (Å²) in [6.07, 6.45) is 6.46. The molecular weight excluding hydrogens is 374 g/mol. The molecule has 2 aliphatic rings. The Morgan fingerprint density at radius 1 is 1.25 bits per heavy atom. The largest absolute Gasteiger partial charge is 0.441 e. The van der Waals surface area contributed by atoms with E-state index >= 15 is 0 Å². The van der Waals surface area contributed by atoms with E-state index in [0.717, 1.165) is 62.5 Å². The van der Waals surface area contributed by atoms with Crippen molar-refractivity contribution in [1.82, 2.24) is 14.8 Å². The Morgan fingerprint density at radius 2 is 2.14 bits per heavy atom. The quantitative estimate of drug-likeness (QED) is 0.705. The molecule has 0 saturated carbocycles. The van der Waals surface area contributed by atoms with Gasteiger partial charge in [0.15, 0.2) is 0 Å². The number of aromatic nitrogens is 1. The van der Waals surface area contributed by atoms with Crippen molar-refractivity contribution < 1.29 is 9.21 Å². The number of nitrogens with zero attached hydrogens (tertiary/aromatic N) is 3. The topological polar surface area (TPSA) is 49.6 Å². The van der Waals surface area contributed by atoms with Crippen LogP contribution in [0.5, 0.6) is 0 Å². The summed E-state index contributed by atoms with van der Waals surface area (Å²) in [6, 6.07) is 8.13. The van der Waals surface area contributed by atoms with Crippen molar-refractivity contribution in [3.63, 3.8) is 0 Å². The van der Waals surface area contributed by atoms with Crippen molar-refractivity contribution in [2.45, 2.75) is 58.0 Å². The van der Waals surface area contributed by atoms with E-state index in [1.165, 1.54) is 19.3 Å². The molecular formula is C22H28ClN3O2. The fourth-order valence-electron chi connectivity index (χ4n) is 4.35. The van der Waals surface area contributed by atoms with Gasteiger partial charge in [-0.15, -0.1) is 0 Å². The zero-order valence-corrected chi connectivity index (χ0v) is 17.2. The number of aryl methyl sites for hydroxylation is 1. The molecule has 5 nitrogen and oxygen atoms in total. The van der Waals surface area contributed by atoms with Crippen LogP contribution in [0.4, 0.5) is 0 Å². The molecule has 0 N–H and O–H groups in total. The van der Waals surface area contributed by atoms with E-state index in [4.69, 9.17) is 21.0 Å². The second-order valence-corrected chi connectivity index (χ2v) is 8.36. The number of piperidine rings is 1. The molecule has 2 aromatic rings. The summed E-state index contributed by atoms with van der Waals surface area (Å²) in [5.74, 6) is 1.82. The molecule has 0 unspecified atom stereocenters. The highest BCUT2D eigenvalue weighted by molar-refractivity contribution is 6.30. The van der Waals surface area contributed by atoms with Gasteiger partial charge in [0, 0.05) is 42.7 Å². The highest BCUT2D eigenvalue weighted by atomic mass is 35.5. The lowest BCUT2D eigenvalue weighted by Crippen LogP contribution is -2.41. The van der Waals surface area contributed by atoms with Gasteiger partial charge in [-0.05, 0) is 57.4 Å². The second kappa shape index (κ2) is 8.66. The summed E-state index contributed by atoms with van der Waals surface area (Å²) in [5, 5.41) is 0.683. The molecule has 3 heterocycles. The van der Waals surface area contributed by atoms with Gasteiger partial charge in [0.25, 0.3) is 0 Å². The SMILES string of the molecule is Cc1oc(-c2cccc(Cl)c2)nc1CN1CCCC[C@@H]1CCN1CCCC1=O. The highest BCUT2D eigenvalue weighted by Gasteiger charge is 2.27. The third kappa shape index (κ3) is 4.41. The lowest BCUT2D eigenvalue weighted by atomic mass is 9.98. The minimum Gasteiger partial charge on any atom is -0.441 e. The zero-order chi connectivity index (χ0) is 19.5. The lowest BCUT2D eigenvalue weighted by molar-refractivity contribution is -0.127. The summed E-state index contributed by atoms with van der Waals surface area (Å²) >= 11 is 6.11. The van der Waals surface area contributed by atoms with Gasteiger partial charge < -0.3 is 9.32 Å². The molecule has 0 radical (unpaired) electrons. The number of amides is 1. The van der Waals surface area contributed by atoms with E-state index in [-0.39, 0.29) is 0 Å². The van der Waals surface area contributed by atoms with E-state index in [9.17, 15) is 4.79 Å². The molecule has 0 spiro atoms. The number of hydrogen-bond acceptors (Lipinski definition) is 4. The van der Waals surface area contributed by atoms with Gasteiger partial charge in [0.2, 0.25) is 11.8 Å². The van der Waals surface area contributed by atoms with E-state index in [2.05, 4.69) is 4.90 Å². The molecule has 1 aromatic heterocycles. The lowest BCUT2D eigenvalue weighted by Gasteiger charge is -2.36. The van der Waals surface area contributed by atoms with Crippen molar-refractivity contribution in [3.05, 3.63) is 40.7 Å². The molecule has 2 fully saturated rings. The Bertz CT molecular complexity index is 835. The molecule has 150 valence electrons. The van der Waals surface area contributed by atoms with E-state index in [1.807, 2.05) is 36.1 Å². The van der Waals surface area contributed by atoms with Crippen LogP contribution in [0.15, 0.2) is 28.7 Å². The number of likely N-dealkylation sites (tertiary alicyclic amines) is 2. The number of carbonyl (C=O) groups excluding carboxylic acids is 1. The van der Waals surface area contributed by atoms with Crippen LogP contribution < -0.4 is 0 Å². The average Bonchev–Trinajstić information content (AvgIpc) is 3.27. The molecule has 2 saturated heterocycles. The van der Waals surface area contributed by atoms with Crippen LogP contribution in [0.1, 0.15) is 50.0 Å². The van der Waals surface area contributed by atoms with Gasteiger partial charge in [-0.1, -0.05) is 24.1 Å². The second-order valence-electron chi connectivity index (χ2n) is 7.93. The van der Waals surface area contributed by atoms with Crippen LogP contribution in [0, 0.1) is 6.92 Å². The summed E-state index contributed by atoms with van der Waals surface area (Å²) in [5.41, 5.74) is 1.91. The molecule has 4 rings (SSSR count). The van der Waals surface area contributed by atoms with Gasteiger partial charge in [-0.3, -0.25) is 9.69 Å². The monoisotopic (exact) mass is 401 g/mol. The average molecular weight is 402 g/mol. The van der Waals surface area contributed by atoms with Crippen molar-refractivity contribution in [2.75, 3.05) is 19.6 Å². The number of halogens is 1. The van der Waals surface area contributed by atoms with Gasteiger partial charge >= 0.3 is 0 Å². The number of hydrogen-bond donors (Lipinski definition) is 0. The molecule has 6 heteroatoms. The normalized spacial score (nSPS) is 20.9. The smallest absolute Gasteiger partial charge is 0.226 e. The van der Waals surface area contributed by atoms with Crippen LogP contribution in [0.3, 0.4) is 0 Å². The molecule has 2 aliphatic heterocycles. The summed E-state index contributed by atoms with van der Waals surface area (Å²) < 4.78 is 5.94. The maximum atomic E-state index is 11.9. The van der Waals surface area contributed by atoms with Crippen LogP contribution in [0.2, 0.25) is 5.02 Å². The van der Waals surface area contributed by atoms with Crippen molar-refractivity contribution in [2.24, 2.45) is 0 Å². The summed E-state index contributed by atoms with van der Waals surface area (Å²) in [7, 11) is 0. The third-order valence-electron chi connectivity index (χ3n) is 5.97. The Balaban J connectivity index is 1.43. The van der Waals surface area contributed by atoms with Crippen LogP contribution in [-0.2, 0) is 11.3 Å². The zero-order valence-electron chi connectivity index (χ0n) is 16.5. The fraction of sp³-hybridized carbons (Fsp3) is 0.545. The Hall–Kier alpha value is -1.85. The maximum Gasteiger partial charge on any atom is 0.226 e. The number of oxazole rings is 1. The van der Waals surface area contributed by atoms with Gasteiger partial charge in [-0.25, -0.2) is 4.98 Å². The third-order valence-corrected chi connectivity index (χ3v) is 6.20. The molecule has 1 aromatic carbocycles. The molecule has 0 bridgehead atoms. The van der Waals surface area contributed by atoms with Gasteiger partial charge in [-0.2, -0.15) is 0 Å². The molecule has 1 atom stereocenters. The molecule has 1 amide bonds. The first-order valence-corrected chi connectivity index (χ1v) is 10.7. The van der Waals surface area contributed by atoms with Gasteiger partial charge in [0.1, 0.15) is 5.76 Å². The van der Waals surface area contributed by atoms with E-state index in [1.54, 1.807) is 0 Å². The number of rotatable bonds is 6. The first-order valence-electron chi connectivity index (χ1n) is 10.3. The Morgan fingerprint density at radius 3 is 2.93 bits per heavy atom. The van der Waals surface area contributed by atoms with Crippen molar-refractivity contribution in [1.29, 1.82) is 0 Å². The summed E-state index contributed by atoms with van der Waals surface area (Å²) in [4.78, 5) is 21.2. The van der Waals surface area contributed by atoms with Crippen molar-refractivity contribution in [3.8, 4) is 11.5 Å². The minimum atomic E-state index is 0.320. The number of carbonyl (C=O) groups is 1. The minimum absolute atomic E-state index is 0.320. The van der Waals surface area contributed by atoms with Crippen LogP contribution >= 0.6 is 11.6 Å². The highest BCUT2D eigenvalue weighted by Crippen LogP contribution is 2.27. The predicted octanol–water partition coefficient (Wildman–Crippen LogP) is 4.67. The summed E-state index contributed by atoms with van der Waals surface area (Å²) in [6.45, 7) is 5.67. The molecule has 28 heavy (non-hydrogen) atoms. The Labute approximate surface area is 171 Å².